The van der Waals surface area contributed by atoms with Crippen molar-refractivity contribution in [2.45, 2.75) is 83.6 Å². The van der Waals surface area contributed by atoms with E-state index in [0.29, 0.717) is 53.6 Å². The van der Waals surface area contributed by atoms with Crippen LogP contribution < -0.4 is 4.90 Å². The number of anilines is 1. The van der Waals surface area contributed by atoms with Crippen molar-refractivity contribution in [3.05, 3.63) is 76.6 Å². The fourth-order valence-electron chi connectivity index (χ4n) is 6.72. The number of carboxylic acids is 1. The zero-order valence-electron chi connectivity index (χ0n) is 27.5. The maximum atomic E-state index is 13.6. The lowest BCUT2D eigenvalue weighted by molar-refractivity contribution is -0.143. The maximum Gasteiger partial charge on any atom is 0.416 e. The van der Waals surface area contributed by atoms with E-state index in [-0.39, 0.29) is 37.5 Å². The number of cyclic esters (lactones) is 1. The average molecular weight is 709 g/mol. The van der Waals surface area contributed by atoms with E-state index < -0.39 is 53.3 Å². The fourth-order valence-corrected chi connectivity index (χ4v) is 6.72. The molecule has 0 spiro atoms. The monoisotopic (exact) mass is 708 g/mol. The van der Waals surface area contributed by atoms with Gasteiger partial charge in [0.25, 0.3) is 0 Å². The Labute approximate surface area is 284 Å². The average Bonchev–Trinajstić information content (AvgIpc) is 3.35. The van der Waals surface area contributed by atoms with Gasteiger partial charge in [-0.3, -0.25) is 9.69 Å². The normalized spacial score (nSPS) is 21.3. The number of ether oxygens (including phenoxy) is 1. The second-order valence-electron chi connectivity index (χ2n) is 12.9. The highest BCUT2D eigenvalue weighted by Gasteiger charge is 2.44. The number of aromatic nitrogens is 2. The predicted molar refractivity (Wildman–Crippen MR) is 170 cm³/mol. The van der Waals surface area contributed by atoms with Crippen LogP contribution in [-0.4, -0.2) is 56.3 Å². The first-order valence-corrected chi connectivity index (χ1v) is 16.4. The first-order chi connectivity index (χ1) is 23.6. The van der Waals surface area contributed by atoms with Crippen molar-refractivity contribution in [3.63, 3.8) is 0 Å². The Hall–Kier alpha value is -4.40. The Morgan fingerprint density at radius 3 is 2.12 bits per heavy atom. The molecule has 1 saturated carbocycles. The number of carbonyl (C=O) groups is 2. The molecule has 270 valence electrons. The van der Waals surface area contributed by atoms with Crippen LogP contribution >= 0.6 is 0 Å². The third-order valence-electron chi connectivity index (χ3n) is 9.50. The van der Waals surface area contributed by atoms with Crippen LogP contribution in [-0.2, 0) is 35.0 Å². The number of amides is 1. The molecule has 0 radical (unpaired) electrons. The molecule has 2 aliphatic rings. The van der Waals surface area contributed by atoms with Gasteiger partial charge in [-0.2, -0.15) is 26.3 Å². The molecule has 2 N–H and O–H groups in total. The molecule has 9 nitrogen and oxygen atoms in total. The molecule has 50 heavy (non-hydrogen) atoms. The summed E-state index contributed by atoms with van der Waals surface area (Å²) in [7, 11) is 0. The van der Waals surface area contributed by atoms with E-state index in [4.69, 9.17) is 14.7 Å². The van der Waals surface area contributed by atoms with E-state index in [9.17, 15) is 46.1 Å². The number of aliphatic hydroxyl groups excluding tert-OH is 1. The van der Waals surface area contributed by atoms with Gasteiger partial charge in [0.15, 0.2) is 5.82 Å². The fraction of sp³-hybridized carbons (Fsp3) is 0.486. The highest BCUT2D eigenvalue weighted by atomic mass is 19.4. The summed E-state index contributed by atoms with van der Waals surface area (Å²) in [4.78, 5) is 37.3. The third-order valence-corrected chi connectivity index (χ3v) is 9.50. The zero-order chi connectivity index (χ0) is 36.4. The molecular formula is C35H38F6N4O5. The predicted octanol–water partition coefficient (Wildman–Crippen LogP) is 7.86. The van der Waals surface area contributed by atoms with Crippen molar-refractivity contribution < 1.29 is 50.9 Å². The lowest BCUT2D eigenvalue weighted by Crippen LogP contribution is -2.36. The maximum absolute atomic E-state index is 13.6. The second-order valence-corrected chi connectivity index (χ2v) is 12.9. The smallest absolute Gasteiger partial charge is 0.416 e. The van der Waals surface area contributed by atoms with Crippen LogP contribution in [0.4, 0.5) is 37.0 Å². The van der Waals surface area contributed by atoms with E-state index in [0.717, 1.165) is 25.7 Å². The van der Waals surface area contributed by atoms with Crippen molar-refractivity contribution >= 4 is 17.9 Å². The molecule has 3 aromatic rings. The molecule has 15 heteroatoms. The number of alkyl halides is 6. The molecular weight excluding hydrogens is 670 g/mol. The number of nitrogens with zero attached hydrogens (tertiary/aromatic N) is 4. The lowest BCUT2D eigenvalue weighted by Gasteiger charge is -2.33. The number of carboxylic acid groups (broad SMARTS) is 1. The SMILES string of the molecule is CCN(CC1CCC(CC(=O)O)CC1)c1ncc(-c2ccc(CO)cc2)nc1CN1C(=O)OC(c2cc(C(F)(F)F)cc(C(F)(F)F)c2)C1C. The largest absolute Gasteiger partial charge is 0.481 e. The van der Waals surface area contributed by atoms with Crippen molar-refractivity contribution in [1.29, 1.82) is 0 Å². The van der Waals surface area contributed by atoms with Crippen molar-refractivity contribution in [3.8, 4) is 11.3 Å². The Bertz CT molecular complexity index is 1640. The van der Waals surface area contributed by atoms with Crippen LogP contribution in [0.3, 0.4) is 0 Å². The number of halogens is 6. The van der Waals surface area contributed by atoms with E-state index in [2.05, 4.69) is 0 Å². The number of hydrogen-bond donors (Lipinski definition) is 2. The number of rotatable bonds is 11. The molecule has 5 rings (SSSR count). The van der Waals surface area contributed by atoms with Gasteiger partial charge in [-0.1, -0.05) is 24.3 Å². The lowest BCUT2D eigenvalue weighted by atomic mass is 9.80. The Kier molecular flexibility index (Phi) is 10.9. The van der Waals surface area contributed by atoms with Gasteiger partial charge in [0.1, 0.15) is 11.8 Å². The van der Waals surface area contributed by atoms with Gasteiger partial charge < -0.3 is 19.8 Å². The molecule has 1 aliphatic heterocycles. The first-order valence-electron chi connectivity index (χ1n) is 16.4. The highest BCUT2D eigenvalue weighted by Crippen LogP contribution is 2.41. The van der Waals surface area contributed by atoms with Gasteiger partial charge in [-0.25, -0.2) is 14.8 Å². The molecule has 2 unspecified atom stereocenters. The van der Waals surface area contributed by atoms with Gasteiger partial charge >= 0.3 is 24.4 Å². The summed E-state index contributed by atoms with van der Waals surface area (Å²) in [5.41, 5.74) is -1.31. The van der Waals surface area contributed by atoms with Gasteiger partial charge in [-0.05, 0) is 80.7 Å². The first kappa shape index (κ1) is 36.9. The summed E-state index contributed by atoms with van der Waals surface area (Å²) in [6.45, 7) is 4.14. The number of benzene rings is 2. The quantitative estimate of drug-likeness (QED) is 0.194. The molecule has 1 aliphatic carbocycles. The van der Waals surface area contributed by atoms with Gasteiger partial charge in [0.2, 0.25) is 0 Å². The Morgan fingerprint density at radius 1 is 0.980 bits per heavy atom. The summed E-state index contributed by atoms with van der Waals surface area (Å²) in [6.07, 6.45) is -7.60. The summed E-state index contributed by atoms with van der Waals surface area (Å²) < 4.78 is 87.2. The van der Waals surface area contributed by atoms with E-state index in [1.165, 1.54) is 11.8 Å². The molecule has 2 heterocycles. The topological polar surface area (TPSA) is 116 Å². The van der Waals surface area contributed by atoms with Crippen LogP contribution in [0.1, 0.15) is 80.0 Å². The van der Waals surface area contributed by atoms with Crippen LogP contribution in [0.2, 0.25) is 0 Å². The van der Waals surface area contributed by atoms with Crippen molar-refractivity contribution in [2.75, 3.05) is 18.0 Å². The molecule has 1 saturated heterocycles. The minimum absolute atomic E-state index is 0.0289. The van der Waals surface area contributed by atoms with Crippen molar-refractivity contribution in [2.24, 2.45) is 11.8 Å². The number of aliphatic hydroxyl groups is 1. The van der Waals surface area contributed by atoms with Crippen LogP contribution in [0.5, 0.6) is 0 Å². The minimum atomic E-state index is -5.07. The summed E-state index contributed by atoms with van der Waals surface area (Å²) in [6, 6.07) is 7.13. The Morgan fingerprint density at radius 2 is 1.58 bits per heavy atom. The number of carbonyl (C=O) groups excluding carboxylic acids is 1. The molecule has 1 aromatic heterocycles. The van der Waals surface area contributed by atoms with Gasteiger partial charge in [0, 0.05) is 25.1 Å². The van der Waals surface area contributed by atoms with Crippen LogP contribution in [0.25, 0.3) is 11.3 Å². The Balaban J connectivity index is 1.46. The molecule has 2 atom stereocenters. The molecule has 0 bridgehead atoms. The molecule has 2 aromatic carbocycles. The summed E-state index contributed by atoms with van der Waals surface area (Å²) >= 11 is 0. The van der Waals surface area contributed by atoms with E-state index in [1.807, 2.05) is 11.8 Å². The van der Waals surface area contributed by atoms with Gasteiger partial charge in [0.05, 0.1) is 42.2 Å². The minimum Gasteiger partial charge on any atom is -0.481 e. The second kappa shape index (κ2) is 14.8. The van der Waals surface area contributed by atoms with E-state index in [1.54, 1.807) is 30.5 Å². The number of hydrogen-bond acceptors (Lipinski definition) is 7. The summed E-state index contributed by atoms with van der Waals surface area (Å²) in [5, 5.41) is 18.6. The highest BCUT2D eigenvalue weighted by molar-refractivity contribution is 5.71. The van der Waals surface area contributed by atoms with Crippen LogP contribution in [0, 0.1) is 11.8 Å². The van der Waals surface area contributed by atoms with E-state index >= 15 is 0 Å². The number of aliphatic carboxylic acids is 1. The standard InChI is InChI=1S/C35H38F6N4O5/c1-3-44(17-22-6-4-21(5-7-22)12-30(47)48)32-29(43-28(16-42-32)24-10-8-23(19-46)9-11-24)18-45-20(2)31(50-33(45)49)25-13-26(34(36,37)38)15-27(14-25)35(39,40)41/h8-11,13-16,20-22,31,46H,3-7,12,17-19H2,1-2H3,(H,47,48). The third kappa shape index (κ3) is 8.48. The van der Waals surface area contributed by atoms with Crippen LogP contribution in [0.15, 0.2) is 48.7 Å². The summed E-state index contributed by atoms with van der Waals surface area (Å²) in [5.74, 6) is -0.00682. The zero-order valence-corrected chi connectivity index (χ0v) is 27.5. The van der Waals surface area contributed by atoms with Gasteiger partial charge in [-0.15, -0.1) is 0 Å². The van der Waals surface area contributed by atoms with Crippen molar-refractivity contribution in [1.82, 2.24) is 14.9 Å². The molecule has 2 fully saturated rings. The molecule has 1 amide bonds.